The minimum absolute atomic E-state index is 0.245. The Morgan fingerprint density at radius 1 is 1.41 bits per heavy atom. The first kappa shape index (κ1) is 13.7. The van der Waals surface area contributed by atoms with Crippen LogP contribution in [0.1, 0.15) is 30.4 Å². The first-order valence-corrected chi connectivity index (χ1v) is 6.16. The number of thiophene rings is 1. The standard InChI is InChI=1S/C12H17NO3S/c1-12(2,3)9(11(15)16-4)13-10(14)8-6-5-7-17-8/h5-7,9H,1-4H3,(H,13,14). The predicted molar refractivity (Wildman–Crippen MR) is 67.0 cm³/mol. The monoisotopic (exact) mass is 255 g/mol. The maximum atomic E-state index is 11.9. The highest BCUT2D eigenvalue weighted by Gasteiger charge is 2.33. The molecule has 0 saturated heterocycles. The van der Waals surface area contributed by atoms with Gasteiger partial charge in [0.05, 0.1) is 12.0 Å². The van der Waals surface area contributed by atoms with Gasteiger partial charge in [0.25, 0.3) is 5.91 Å². The van der Waals surface area contributed by atoms with Gasteiger partial charge in [-0.15, -0.1) is 11.3 Å². The van der Waals surface area contributed by atoms with Crippen molar-refractivity contribution in [3.63, 3.8) is 0 Å². The third kappa shape index (κ3) is 3.56. The number of amides is 1. The van der Waals surface area contributed by atoms with Gasteiger partial charge in [-0.2, -0.15) is 0 Å². The molecule has 1 unspecified atom stereocenters. The summed E-state index contributed by atoms with van der Waals surface area (Å²) in [5.41, 5.74) is -0.389. The zero-order valence-corrected chi connectivity index (χ0v) is 11.3. The molecule has 1 aromatic rings. The first-order valence-electron chi connectivity index (χ1n) is 5.28. The fourth-order valence-electron chi connectivity index (χ4n) is 1.36. The molecule has 1 aromatic heterocycles. The molecule has 0 spiro atoms. The van der Waals surface area contributed by atoms with Crippen LogP contribution in [0.5, 0.6) is 0 Å². The van der Waals surface area contributed by atoms with Crippen LogP contribution in [0.15, 0.2) is 17.5 Å². The number of rotatable bonds is 3. The second-order valence-electron chi connectivity index (χ2n) is 4.77. The van der Waals surface area contributed by atoms with Gasteiger partial charge in [0.1, 0.15) is 6.04 Å². The third-order valence-corrected chi connectivity index (χ3v) is 3.19. The molecule has 1 N–H and O–H groups in total. The predicted octanol–water partition coefficient (Wildman–Crippen LogP) is 2.07. The van der Waals surface area contributed by atoms with E-state index in [2.05, 4.69) is 5.32 Å². The van der Waals surface area contributed by atoms with Gasteiger partial charge in [0, 0.05) is 0 Å². The van der Waals surface area contributed by atoms with E-state index in [1.54, 1.807) is 12.1 Å². The average Bonchev–Trinajstić information content (AvgIpc) is 2.76. The zero-order chi connectivity index (χ0) is 13.1. The number of hydrogen-bond acceptors (Lipinski definition) is 4. The summed E-state index contributed by atoms with van der Waals surface area (Å²) in [7, 11) is 1.32. The fraction of sp³-hybridized carbons (Fsp3) is 0.500. The molecule has 5 heteroatoms. The van der Waals surface area contributed by atoms with Crippen molar-refractivity contribution in [3.05, 3.63) is 22.4 Å². The minimum atomic E-state index is -0.651. The Labute approximate surface area is 105 Å². The molecule has 0 saturated carbocycles. The molecule has 1 heterocycles. The lowest BCUT2D eigenvalue weighted by molar-refractivity contribution is -0.145. The van der Waals surface area contributed by atoms with E-state index in [1.165, 1.54) is 18.4 Å². The Bertz CT molecular complexity index is 392. The van der Waals surface area contributed by atoms with E-state index < -0.39 is 12.0 Å². The summed E-state index contributed by atoms with van der Waals surface area (Å²) in [5.74, 6) is -0.673. The van der Waals surface area contributed by atoms with Crippen LogP contribution in [-0.4, -0.2) is 25.0 Å². The zero-order valence-electron chi connectivity index (χ0n) is 10.4. The molecule has 0 aliphatic heterocycles. The van der Waals surface area contributed by atoms with Crippen LogP contribution in [0.3, 0.4) is 0 Å². The molecule has 1 atom stereocenters. The van der Waals surface area contributed by atoms with Gasteiger partial charge in [-0.3, -0.25) is 4.79 Å². The summed E-state index contributed by atoms with van der Waals surface area (Å²) in [6, 6.07) is 2.86. The second-order valence-corrected chi connectivity index (χ2v) is 5.72. The Morgan fingerprint density at radius 3 is 2.47 bits per heavy atom. The fourth-order valence-corrected chi connectivity index (χ4v) is 1.98. The quantitative estimate of drug-likeness (QED) is 0.841. The smallest absolute Gasteiger partial charge is 0.328 e. The van der Waals surface area contributed by atoms with Crippen LogP contribution in [-0.2, 0) is 9.53 Å². The van der Waals surface area contributed by atoms with E-state index in [9.17, 15) is 9.59 Å². The normalized spacial score (nSPS) is 12.9. The molecule has 0 bridgehead atoms. The van der Waals surface area contributed by atoms with E-state index in [-0.39, 0.29) is 11.3 Å². The van der Waals surface area contributed by atoms with Crippen LogP contribution in [0, 0.1) is 5.41 Å². The summed E-state index contributed by atoms with van der Waals surface area (Å²) in [6.45, 7) is 5.63. The number of hydrogen-bond donors (Lipinski definition) is 1. The van der Waals surface area contributed by atoms with Gasteiger partial charge in [-0.05, 0) is 16.9 Å². The topological polar surface area (TPSA) is 55.4 Å². The van der Waals surface area contributed by atoms with E-state index in [0.29, 0.717) is 4.88 Å². The molecule has 0 aliphatic rings. The molecule has 94 valence electrons. The molecule has 0 radical (unpaired) electrons. The van der Waals surface area contributed by atoms with Crippen molar-refractivity contribution in [2.24, 2.45) is 5.41 Å². The molecular formula is C12H17NO3S. The lowest BCUT2D eigenvalue weighted by atomic mass is 9.86. The van der Waals surface area contributed by atoms with Crippen molar-refractivity contribution in [3.8, 4) is 0 Å². The molecule has 0 fully saturated rings. The second kappa shape index (κ2) is 5.31. The van der Waals surface area contributed by atoms with E-state index in [1.807, 2.05) is 26.2 Å². The van der Waals surface area contributed by atoms with Gasteiger partial charge in [-0.25, -0.2) is 4.79 Å². The van der Waals surface area contributed by atoms with Crippen molar-refractivity contribution in [2.45, 2.75) is 26.8 Å². The average molecular weight is 255 g/mol. The number of esters is 1. The van der Waals surface area contributed by atoms with Crippen molar-refractivity contribution in [1.29, 1.82) is 0 Å². The maximum absolute atomic E-state index is 11.9. The van der Waals surface area contributed by atoms with Crippen molar-refractivity contribution < 1.29 is 14.3 Å². The minimum Gasteiger partial charge on any atom is -0.467 e. The Hall–Kier alpha value is -1.36. The molecule has 1 rings (SSSR count). The summed E-state index contributed by atoms with van der Waals surface area (Å²) >= 11 is 1.34. The van der Waals surface area contributed by atoms with E-state index in [4.69, 9.17) is 4.74 Å². The lowest BCUT2D eigenvalue weighted by Gasteiger charge is -2.28. The molecular weight excluding hydrogens is 238 g/mol. The first-order chi connectivity index (χ1) is 7.86. The van der Waals surface area contributed by atoms with E-state index in [0.717, 1.165) is 0 Å². The van der Waals surface area contributed by atoms with Crippen LogP contribution in [0.25, 0.3) is 0 Å². The SMILES string of the molecule is COC(=O)C(NC(=O)c1cccs1)C(C)(C)C. The van der Waals surface area contributed by atoms with Crippen molar-refractivity contribution in [1.82, 2.24) is 5.32 Å². The highest BCUT2D eigenvalue weighted by molar-refractivity contribution is 7.12. The molecule has 1 amide bonds. The Balaban J connectivity index is 2.81. The van der Waals surface area contributed by atoms with Gasteiger partial charge < -0.3 is 10.1 Å². The van der Waals surface area contributed by atoms with Crippen LogP contribution in [0.2, 0.25) is 0 Å². The van der Waals surface area contributed by atoms with Crippen molar-refractivity contribution in [2.75, 3.05) is 7.11 Å². The van der Waals surface area contributed by atoms with Crippen LogP contribution < -0.4 is 5.32 Å². The van der Waals surface area contributed by atoms with Gasteiger partial charge in [-0.1, -0.05) is 26.8 Å². The van der Waals surface area contributed by atoms with E-state index >= 15 is 0 Å². The number of nitrogens with one attached hydrogen (secondary N) is 1. The summed E-state index contributed by atoms with van der Waals surface area (Å²) in [5, 5.41) is 4.53. The van der Waals surface area contributed by atoms with Gasteiger partial charge in [0.15, 0.2) is 0 Å². The van der Waals surface area contributed by atoms with Gasteiger partial charge >= 0.3 is 5.97 Å². The number of ether oxygens (including phenoxy) is 1. The largest absolute Gasteiger partial charge is 0.467 e. The highest BCUT2D eigenvalue weighted by atomic mass is 32.1. The molecule has 0 aromatic carbocycles. The summed E-state index contributed by atoms with van der Waals surface area (Å²) in [6.07, 6.45) is 0. The highest BCUT2D eigenvalue weighted by Crippen LogP contribution is 2.21. The molecule has 17 heavy (non-hydrogen) atoms. The summed E-state index contributed by atoms with van der Waals surface area (Å²) in [4.78, 5) is 24.1. The summed E-state index contributed by atoms with van der Waals surface area (Å²) < 4.78 is 4.71. The molecule has 4 nitrogen and oxygen atoms in total. The van der Waals surface area contributed by atoms with Gasteiger partial charge in [0.2, 0.25) is 0 Å². The number of carbonyl (C=O) groups is 2. The maximum Gasteiger partial charge on any atom is 0.328 e. The van der Waals surface area contributed by atoms with Crippen LogP contribution >= 0.6 is 11.3 Å². The Kier molecular flexibility index (Phi) is 4.28. The molecule has 0 aliphatic carbocycles. The van der Waals surface area contributed by atoms with Crippen LogP contribution in [0.4, 0.5) is 0 Å². The Morgan fingerprint density at radius 2 is 2.06 bits per heavy atom. The number of methoxy groups -OCH3 is 1. The third-order valence-electron chi connectivity index (χ3n) is 2.32. The van der Waals surface area contributed by atoms with Crippen molar-refractivity contribution >= 4 is 23.2 Å². The lowest BCUT2D eigenvalue weighted by Crippen LogP contribution is -2.49. The number of carbonyl (C=O) groups excluding carboxylic acids is 2.